The molecule has 2 aromatic carbocycles. The first-order valence-corrected chi connectivity index (χ1v) is 9.67. The molecule has 0 unspecified atom stereocenters. The number of nitrogens with one attached hydrogen (secondary N) is 1. The van der Waals surface area contributed by atoms with Crippen molar-refractivity contribution in [1.29, 1.82) is 0 Å². The smallest absolute Gasteiger partial charge is 0.344 e. The average molecular weight is 417 g/mol. The highest BCUT2D eigenvalue weighted by Gasteiger charge is 2.20. The number of ether oxygens (including phenoxy) is 2. The zero-order valence-electron chi connectivity index (χ0n) is 14.9. The second-order valence-electron chi connectivity index (χ2n) is 5.74. The fourth-order valence-corrected chi connectivity index (χ4v) is 3.18. The molecule has 0 bridgehead atoms. The molecule has 28 heavy (non-hydrogen) atoms. The van der Waals surface area contributed by atoms with Crippen molar-refractivity contribution in [3.05, 3.63) is 65.0 Å². The Balaban J connectivity index is 1.50. The van der Waals surface area contributed by atoms with Crippen LogP contribution in [0.25, 0.3) is 11.3 Å². The average Bonchev–Trinajstić information content (AvgIpc) is 3.16. The van der Waals surface area contributed by atoms with Crippen LogP contribution in [0.5, 0.6) is 5.75 Å². The van der Waals surface area contributed by atoms with Crippen LogP contribution in [-0.4, -0.2) is 29.6 Å². The van der Waals surface area contributed by atoms with Crippen molar-refractivity contribution in [2.24, 2.45) is 0 Å². The Labute approximate surface area is 171 Å². The number of aromatic nitrogens is 1. The van der Waals surface area contributed by atoms with Gasteiger partial charge in [-0.1, -0.05) is 54.1 Å². The van der Waals surface area contributed by atoms with Gasteiger partial charge in [0.1, 0.15) is 5.75 Å². The largest absolute Gasteiger partial charge is 0.480 e. The van der Waals surface area contributed by atoms with Crippen LogP contribution >= 0.6 is 22.9 Å². The number of thiazole rings is 1. The summed E-state index contributed by atoms with van der Waals surface area (Å²) in [6.45, 7) is 1.13. The van der Waals surface area contributed by atoms with Crippen molar-refractivity contribution >= 4 is 39.9 Å². The molecule has 144 valence electrons. The van der Waals surface area contributed by atoms with E-state index in [-0.39, 0.29) is 6.61 Å². The molecule has 6 nitrogen and oxygen atoms in total. The van der Waals surface area contributed by atoms with E-state index < -0.39 is 18.0 Å². The molecule has 3 aromatic rings. The van der Waals surface area contributed by atoms with E-state index in [0.717, 1.165) is 11.3 Å². The van der Waals surface area contributed by atoms with Gasteiger partial charge in [0.25, 0.3) is 5.91 Å². The maximum atomic E-state index is 12.2. The second-order valence-corrected chi connectivity index (χ2v) is 7.01. The van der Waals surface area contributed by atoms with Gasteiger partial charge in [0.15, 0.2) is 17.8 Å². The van der Waals surface area contributed by atoms with E-state index in [1.54, 1.807) is 24.3 Å². The van der Waals surface area contributed by atoms with E-state index in [1.165, 1.54) is 18.3 Å². The molecule has 8 heteroatoms. The van der Waals surface area contributed by atoms with Crippen molar-refractivity contribution in [3.63, 3.8) is 0 Å². The molecule has 0 spiro atoms. The third kappa shape index (κ3) is 5.31. The minimum Gasteiger partial charge on any atom is -0.480 e. The van der Waals surface area contributed by atoms with Gasteiger partial charge in [-0.15, -0.1) is 11.3 Å². The molecule has 0 radical (unpaired) electrons. The van der Waals surface area contributed by atoms with Crippen LogP contribution < -0.4 is 10.1 Å². The molecule has 0 saturated carbocycles. The predicted molar refractivity (Wildman–Crippen MR) is 109 cm³/mol. The minimum absolute atomic E-state index is 0.350. The highest BCUT2D eigenvalue weighted by molar-refractivity contribution is 7.14. The topological polar surface area (TPSA) is 77.5 Å². The third-order valence-electron chi connectivity index (χ3n) is 3.66. The number of rotatable bonds is 7. The van der Waals surface area contributed by atoms with Crippen LogP contribution in [0.3, 0.4) is 0 Å². The van der Waals surface area contributed by atoms with E-state index in [9.17, 15) is 9.59 Å². The number of anilines is 1. The first kappa shape index (κ1) is 19.9. The lowest BCUT2D eigenvalue weighted by molar-refractivity contribution is -0.155. The fourth-order valence-electron chi connectivity index (χ4n) is 2.26. The molecule has 3 rings (SSSR count). The lowest BCUT2D eigenvalue weighted by Crippen LogP contribution is -2.31. The number of nitrogens with zero attached hydrogens (tertiary/aromatic N) is 1. The molecule has 0 aliphatic heterocycles. The molecule has 1 aromatic heterocycles. The summed E-state index contributed by atoms with van der Waals surface area (Å²) in [5.41, 5.74) is 1.72. The molecular weight excluding hydrogens is 400 g/mol. The van der Waals surface area contributed by atoms with Gasteiger partial charge in [0.05, 0.1) is 10.7 Å². The molecule has 0 saturated heterocycles. The summed E-state index contributed by atoms with van der Waals surface area (Å²) in [6.07, 6.45) is -0.994. The Morgan fingerprint density at radius 3 is 2.61 bits per heavy atom. The summed E-state index contributed by atoms with van der Waals surface area (Å²) in [6, 6.07) is 16.4. The zero-order valence-corrected chi connectivity index (χ0v) is 16.5. The monoisotopic (exact) mass is 416 g/mol. The van der Waals surface area contributed by atoms with E-state index in [0.29, 0.717) is 15.9 Å². The van der Waals surface area contributed by atoms with E-state index >= 15 is 0 Å². The number of para-hydroxylation sites is 1. The van der Waals surface area contributed by atoms with Gasteiger partial charge in [-0.3, -0.25) is 10.1 Å². The standard InChI is InChI=1S/C20H17ClN2O4S/c1-13(27-18(24)11-26-17-10-6-5-9-15(17)21)19(25)23-20-22-16(12-28-20)14-7-3-2-4-8-14/h2-10,12-13H,11H2,1H3,(H,22,23,25)/t13-/m0/s1. The Kier molecular flexibility index (Phi) is 6.62. The molecule has 0 aliphatic rings. The summed E-state index contributed by atoms with van der Waals surface area (Å²) in [4.78, 5) is 28.5. The highest BCUT2D eigenvalue weighted by atomic mass is 35.5. The molecule has 1 atom stereocenters. The van der Waals surface area contributed by atoms with Gasteiger partial charge in [0.2, 0.25) is 0 Å². The van der Waals surface area contributed by atoms with Gasteiger partial charge in [-0.25, -0.2) is 9.78 Å². The van der Waals surface area contributed by atoms with E-state index in [4.69, 9.17) is 21.1 Å². The number of esters is 1. The van der Waals surface area contributed by atoms with Gasteiger partial charge >= 0.3 is 5.97 Å². The summed E-state index contributed by atoms with van der Waals surface area (Å²) in [5, 5.41) is 5.31. The quantitative estimate of drug-likeness (QED) is 0.577. The fraction of sp³-hybridized carbons (Fsp3) is 0.150. The minimum atomic E-state index is -0.994. The van der Waals surface area contributed by atoms with E-state index in [2.05, 4.69) is 10.3 Å². The Hall–Kier alpha value is -2.90. The lowest BCUT2D eigenvalue weighted by Gasteiger charge is -2.13. The summed E-state index contributed by atoms with van der Waals surface area (Å²) >= 11 is 7.25. The number of halogens is 1. The number of benzene rings is 2. The van der Waals surface area contributed by atoms with Crippen LogP contribution in [-0.2, 0) is 14.3 Å². The van der Waals surface area contributed by atoms with Gasteiger partial charge in [-0.2, -0.15) is 0 Å². The molecule has 1 heterocycles. The summed E-state index contributed by atoms with van der Waals surface area (Å²) < 4.78 is 10.4. The second kappa shape index (κ2) is 9.34. The van der Waals surface area contributed by atoms with Gasteiger partial charge < -0.3 is 9.47 Å². The van der Waals surface area contributed by atoms with Crippen LogP contribution in [0.15, 0.2) is 60.0 Å². The Bertz CT molecular complexity index is 962. The number of hydrogen-bond donors (Lipinski definition) is 1. The van der Waals surface area contributed by atoms with Gasteiger partial charge in [-0.05, 0) is 19.1 Å². The van der Waals surface area contributed by atoms with Crippen LogP contribution in [0.2, 0.25) is 5.02 Å². The zero-order chi connectivity index (χ0) is 19.9. The van der Waals surface area contributed by atoms with Crippen molar-refractivity contribution in [1.82, 2.24) is 4.98 Å². The van der Waals surface area contributed by atoms with Crippen molar-refractivity contribution < 1.29 is 19.1 Å². The highest BCUT2D eigenvalue weighted by Crippen LogP contribution is 2.25. The Morgan fingerprint density at radius 1 is 1.14 bits per heavy atom. The maximum absolute atomic E-state index is 12.2. The summed E-state index contributed by atoms with van der Waals surface area (Å²) in [7, 11) is 0. The van der Waals surface area contributed by atoms with Gasteiger partial charge in [0, 0.05) is 10.9 Å². The maximum Gasteiger partial charge on any atom is 0.344 e. The molecule has 0 aliphatic carbocycles. The van der Waals surface area contributed by atoms with Crippen LogP contribution in [0, 0.1) is 0 Å². The van der Waals surface area contributed by atoms with Crippen molar-refractivity contribution in [2.45, 2.75) is 13.0 Å². The SMILES string of the molecule is C[C@H](OC(=O)COc1ccccc1Cl)C(=O)Nc1nc(-c2ccccc2)cs1. The third-order valence-corrected chi connectivity index (χ3v) is 4.73. The normalized spacial score (nSPS) is 11.5. The van der Waals surface area contributed by atoms with Crippen LogP contribution in [0.1, 0.15) is 6.92 Å². The van der Waals surface area contributed by atoms with E-state index in [1.807, 2.05) is 35.7 Å². The molecule has 0 fully saturated rings. The Morgan fingerprint density at radius 2 is 1.86 bits per heavy atom. The number of amides is 1. The van der Waals surface area contributed by atoms with Crippen LogP contribution in [0.4, 0.5) is 5.13 Å². The number of carbonyl (C=O) groups is 2. The molecule has 1 amide bonds. The summed E-state index contributed by atoms with van der Waals surface area (Å²) in [5.74, 6) is -0.777. The number of hydrogen-bond acceptors (Lipinski definition) is 6. The lowest BCUT2D eigenvalue weighted by atomic mass is 10.2. The first-order chi connectivity index (χ1) is 13.5. The molecular formula is C20H17ClN2O4S. The molecule has 1 N–H and O–H groups in total. The first-order valence-electron chi connectivity index (χ1n) is 8.41. The van der Waals surface area contributed by atoms with Crippen molar-refractivity contribution in [2.75, 3.05) is 11.9 Å². The predicted octanol–water partition coefficient (Wildman–Crippen LogP) is 4.41. The van der Waals surface area contributed by atoms with Crippen molar-refractivity contribution in [3.8, 4) is 17.0 Å². The number of carbonyl (C=O) groups excluding carboxylic acids is 2.